The van der Waals surface area contributed by atoms with Gasteiger partial charge in [0.1, 0.15) is 17.3 Å². The highest BCUT2D eigenvalue weighted by molar-refractivity contribution is 5.44. The zero-order valence-electron chi connectivity index (χ0n) is 12.3. The van der Waals surface area contributed by atoms with E-state index in [4.69, 9.17) is 0 Å². The van der Waals surface area contributed by atoms with E-state index in [0.717, 1.165) is 47.7 Å². The highest BCUT2D eigenvalue weighted by Gasteiger charge is 2.20. The van der Waals surface area contributed by atoms with Gasteiger partial charge in [0.15, 0.2) is 0 Å². The number of benzene rings is 1. The van der Waals surface area contributed by atoms with E-state index in [0.29, 0.717) is 6.54 Å². The number of aromatic hydroxyl groups is 2. The van der Waals surface area contributed by atoms with Crippen molar-refractivity contribution in [1.82, 2.24) is 14.9 Å². The Morgan fingerprint density at radius 2 is 2.05 bits per heavy atom. The Morgan fingerprint density at radius 1 is 1.24 bits per heavy atom. The predicted molar refractivity (Wildman–Crippen MR) is 79.1 cm³/mol. The van der Waals surface area contributed by atoms with Crippen LogP contribution in [0.5, 0.6) is 11.5 Å². The maximum absolute atomic E-state index is 10.0. The highest BCUT2D eigenvalue weighted by Crippen LogP contribution is 2.29. The summed E-state index contributed by atoms with van der Waals surface area (Å²) in [4.78, 5) is 11.0. The van der Waals surface area contributed by atoms with Gasteiger partial charge in [-0.1, -0.05) is 0 Å². The number of phenols is 2. The van der Waals surface area contributed by atoms with Crippen LogP contribution >= 0.6 is 0 Å². The summed E-state index contributed by atoms with van der Waals surface area (Å²) < 4.78 is 0. The number of hydrogen-bond donors (Lipinski definition) is 2. The standard InChI is InChI=1S/C16H19N3O2/c1-10-5-13(20)6-16(21)14(10)9-19-4-3-15-12(8-19)7-17-11(2)18-15/h5-7,20-21H,3-4,8-9H2,1-2H3. The minimum Gasteiger partial charge on any atom is -0.508 e. The average molecular weight is 285 g/mol. The Balaban J connectivity index is 1.80. The van der Waals surface area contributed by atoms with Gasteiger partial charge in [-0.05, 0) is 25.5 Å². The summed E-state index contributed by atoms with van der Waals surface area (Å²) in [6.07, 6.45) is 2.80. The van der Waals surface area contributed by atoms with Crippen molar-refractivity contribution in [2.45, 2.75) is 33.4 Å². The molecule has 1 aliphatic heterocycles. The third-order valence-corrected chi connectivity index (χ3v) is 3.95. The first-order valence-electron chi connectivity index (χ1n) is 7.08. The summed E-state index contributed by atoms with van der Waals surface area (Å²) in [6.45, 7) is 6.16. The van der Waals surface area contributed by atoms with E-state index in [-0.39, 0.29) is 11.5 Å². The molecule has 0 fully saturated rings. The average Bonchev–Trinajstić information content (AvgIpc) is 2.43. The van der Waals surface area contributed by atoms with Gasteiger partial charge in [0.25, 0.3) is 0 Å². The van der Waals surface area contributed by atoms with Gasteiger partial charge < -0.3 is 10.2 Å². The molecule has 2 N–H and O–H groups in total. The first-order chi connectivity index (χ1) is 10.0. The molecule has 5 heteroatoms. The molecule has 0 aliphatic carbocycles. The van der Waals surface area contributed by atoms with E-state index in [1.54, 1.807) is 6.07 Å². The van der Waals surface area contributed by atoms with E-state index in [9.17, 15) is 10.2 Å². The molecule has 5 nitrogen and oxygen atoms in total. The Labute approximate surface area is 123 Å². The summed E-state index contributed by atoms with van der Waals surface area (Å²) in [7, 11) is 0. The molecular weight excluding hydrogens is 266 g/mol. The van der Waals surface area contributed by atoms with Crippen LogP contribution in [0.4, 0.5) is 0 Å². The fraction of sp³-hybridized carbons (Fsp3) is 0.375. The third-order valence-electron chi connectivity index (χ3n) is 3.95. The van der Waals surface area contributed by atoms with Gasteiger partial charge >= 0.3 is 0 Å². The van der Waals surface area contributed by atoms with Crippen LogP contribution in [0.1, 0.15) is 28.2 Å². The van der Waals surface area contributed by atoms with E-state index >= 15 is 0 Å². The van der Waals surface area contributed by atoms with Crippen LogP contribution in [-0.4, -0.2) is 31.6 Å². The highest BCUT2D eigenvalue weighted by atomic mass is 16.3. The normalized spacial score (nSPS) is 15.0. The number of aryl methyl sites for hydroxylation is 2. The summed E-state index contributed by atoms with van der Waals surface area (Å²) in [5.74, 6) is 1.06. The largest absolute Gasteiger partial charge is 0.508 e. The fourth-order valence-corrected chi connectivity index (χ4v) is 2.82. The maximum atomic E-state index is 10.0. The number of rotatable bonds is 2. The number of nitrogens with zero attached hydrogens (tertiary/aromatic N) is 3. The van der Waals surface area contributed by atoms with Crippen LogP contribution in [0.3, 0.4) is 0 Å². The molecule has 1 aliphatic rings. The molecule has 0 saturated heterocycles. The van der Waals surface area contributed by atoms with Crippen LogP contribution in [0.15, 0.2) is 18.3 Å². The van der Waals surface area contributed by atoms with E-state index < -0.39 is 0 Å². The monoisotopic (exact) mass is 285 g/mol. The minimum absolute atomic E-state index is 0.0987. The third kappa shape index (κ3) is 2.83. The van der Waals surface area contributed by atoms with Crippen LogP contribution in [0.25, 0.3) is 0 Å². The van der Waals surface area contributed by atoms with Crippen LogP contribution in [0, 0.1) is 13.8 Å². The topological polar surface area (TPSA) is 69.5 Å². The van der Waals surface area contributed by atoms with Gasteiger partial charge in [0.05, 0.1) is 0 Å². The van der Waals surface area contributed by atoms with Gasteiger partial charge in [-0.25, -0.2) is 9.97 Å². The fourth-order valence-electron chi connectivity index (χ4n) is 2.82. The summed E-state index contributed by atoms with van der Waals surface area (Å²) in [5.41, 5.74) is 4.05. The zero-order chi connectivity index (χ0) is 15.0. The molecule has 0 atom stereocenters. The van der Waals surface area contributed by atoms with Gasteiger partial charge in [-0.3, -0.25) is 4.90 Å². The second-order valence-electron chi connectivity index (χ2n) is 5.61. The number of fused-ring (bicyclic) bond motifs is 1. The van der Waals surface area contributed by atoms with Crippen molar-refractivity contribution in [2.24, 2.45) is 0 Å². The molecule has 0 amide bonds. The molecule has 2 aromatic rings. The van der Waals surface area contributed by atoms with E-state index in [1.807, 2.05) is 20.0 Å². The van der Waals surface area contributed by atoms with Gasteiger partial charge in [0, 0.05) is 55.1 Å². The lowest BCUT2D eigenvalue weighted by molar-refractivity contribution is 0.239. The Hall–Kier alpha value is -2.14. The summed E-state index contributed by atoms with van der Waals surface area (Å²) in [6, 6.07) is 3.08. The molecule has 0 spiro atoms. The van der Waals surface area contributed by atoms with Crippen molar-refractivity contribution in [3.63, 3.8) is 0 Å². The molecule has 2 heterocycles. The second-order valence-corrected chi connectivity index (χ2v) is 5.61. The molecular formula is C16H19N3O2. The first kappa shape index (κ1) is 13.8. The molecule has 0 unspecified atom stereocenters. The molecule has 0 bridgehead atoms. The molecule has 0 saturated carbocycles. The zero-order valence-corrected chi connectivity index (χ0v) is 12.3. The lowest BCUT2D eigenvalue weighted by atomic mass is 10.0. The predicted octanol–water partition coefficient (Wildman–Crippen LogP) is 2.06. The van der Waals surface area contributed by atoms with Crippen molar-refractivity contribution in [3.8, 4) is 11.5 Å². The molecule has 110 valence electrons. The van der Waals surface area contributed by atoms with Crippen molar-refractivity contribution >= 4 is 0 Å². The van der Waals surface area contributed by atoms with Gasteiger partial charge in [0.2, 0.25) is 0 Å². The second kappa shape index (κ2) is 5.33. The smallest absolute Gasteiger partial charge is 0.125 e. The molecule has 21 heavy (non-hydrogen) atoms. The van der Waals surface area contributed by atoms with Crippen LogP contribution in [0.2, 0.25) is 0 Å². The Morgan fingerprint density at radius 3 is 2.81 bits per heavy atom. The van der Waals surface area contributed by atoms with Crippen molar-refractivity contribution in [3.05, 3.63) is 46.5 Å². The Bertz CT molecular complexity index is 662. The van der Waals surface area contributed by atoms with Gasteiger partial charge in [-0.2, -0.15) is 0 Å². The van der Waals surface area contributed by atoms with Crippen LogP contribution in [-0.2, 0) is 19.5 Å². The first-order valence-corrected chi connectivity index (χ1v) is 7.08. The number of hydrogen-bond acceptors (Lipinski definition) is 5. The van der Waals surface area contributed by atoms with E-state index in [2.05, 4.69) is 14.9 Å². The van der Waals surface area contributed by atoms with Crippen molar-refractivity contribution in [1.29, 1.82) is 0 Å². The number of phenolic OH excluding ortho intramolecular Hbond substituents is 2. The summed E-state index contributed by atoms with van der Waals surface area (Å²) in [5, 5.41) is 19.5. The number of aromatic nitrogens is 2. The Kier molecular flexibility index (Phi) is 3.51. The quantitative estimate of drug-likeness (QED) is 0.884. The SMILES string of the molecule is Cc1ncc2c(n1)CCN(Cc1c(C)cc(O)cc1O)C2. The van der Waals surface area contributed by atoms with Crippen molar-refractivity contribution < 1.29 is 10.2 Å². The summed E-state index contributed by atoms with van der Waals surface area (Å²) >= 11 is 0. The lowest BCUT2D eigenvalue weighted by Gasteiger charge is -2.28. The molecule has 3 rings (SSSR count). The molecule has 1 aromatic heterocycles. The lowest BCUT2D eigenvalue weighted by Crippen LogP contribution is -2.31. The molecule has 1 aromatic carbocycles. The maximum Gasteiger partial charge on any atom is 0.125 e. The van der Waals surface area contributed by atoms with Gasteiger partial charge in [-0.15, -0.1) is 0 Å². The van der Waals surface area contributed by atoms with E-state index in [1.165, 1.54) is 6.07 Å². The minimum atomic E-state index is 0.0987. The van der Waals surface area contributed by atoms with Crippen molar-refractivity contribution in [2.75, 3.05) is 6.54 Å². The van der Waals surface area contributed by atoms with Crippen LogP contribution < -0.4 is 0 Å². The molecule has 0 radical (unpaired) electrons.